The van der Waals surface area contributed by atoms with Crippen molar-refractivity contribution >= 4 is 5.91 Å². The number of aromatic nitrogens is 5. The van der Waals surface area contributed by atoms with Crippen LogP contribution in [0.3, 0.4) is 0 Å². The van der Waals surface area contributed by atoms with Crippen LogP contribution < -0.4 is 5.32 Å². The molecule has 21 heavy (non-hydrogen) atoms. The maximum atomic E-state index is 12.0. The molecule has 0 unspecified atom stereocenters. The molecule has 2 heterocycles. The van der Waals surface area contributed by atoms with Crippen LogP contribution in [-0.4, -0.2) is 30.6 Å². The fourth-order valence-corrected chi connectivity index (χ4v) is 2.04. The minimum atomic E-state index is -0.177. The zero-order valence-corrected chi connectivity index (χ0v) is 12.5. The molecule has 2 aromatic heterocycles. The van der Waals surface area contributed by atoms with Crippen molar-refractivity contribution < 1.29 is 4.79 Å². The van der Waals surface area contributed by atoms with Gasteiger partial charge in [0.2, 0.25) is 5.91 Å². The normalized spacial score (nSPS) is 12.4. The highest BCUT2D eigenvalue weighted by molar-refractivity contribution is 5.76. The van der Waals surface area contributed by atoms with Gasteiger partial charge in [-0.25, -0.2) is 0 Å². The van der Waals surface area contributed by atoms with Gasteiger partial charge in [0.25, 0.3) is 0 Å². The zero-order valence-electron chi connectivity index (χ0n) is 12.5. The molecule has 7 heteroatoms. The first-order valence-corrected chi connectivity index (χ1v) is 7.01. The molecule has 0 spiro atoms. The number of carbonyl (C=O) groups is 1. The van der Waals surface area contributed by atoms with E-state index in [1.807, 2.05) is 11.5 Å². The molecule has 2 aromatic rings. The molecule has 1 atom stereocenters. The van der Waals surface area contributed by atoms with Gasteiger partial charge in [0, 0.05) is 31.1 Å². The van der Waals surface area contributed by atoms with Gasteiger partial charge >= 0.3 is 0 Å². The quantitative estimate of drug-likeness (QED) is 0.869. The summed E-state index contributed by atoms with van der Waals surface area (Å²) in [5, 5.41) is 10.9. The lowest BCUT2D eigenvalue weighted by Gasteiger charge is -2.16. The van der Waals surface area contributed by atoms with Crippen LogP contribution in [-0.2, 0) is 11.2 Å². The fourth-order valence-electron chi connectivity index (χ4n) is 2.04. The first-order chi connectivity index (χ1) is 10.1. The molecule has 0 saturated carbocycles. The molecule has 1 amide bonds. The molecule has 0 aliphatic carbocycles. The Morgan fingerprint density at radius 2 is 2.14 bits per heavy atom. The summed E-state index contributed by atoms with van der Waals surface area (Å²) in [6.45, 7) is 6.01. The molecule has 7 nitrogen and oxygen atoms in total. The summed E-state index contributed by atoms with van der Waals surface area (Å²) in [7, 11) is 0. The molecule has 0 saturated heterocycles. The summed E-state index contributed by atoms with van der Waals surface area (Å²) in [4.78, 5) is 20.1. The molecule has 0 fully saturated rings. The maximum absolute atomic E-state index is 12.0. The second kappa shape index (κ2) is 6.92. The molecule has 0 aliphatic heterocycles. The lowest BCUT2D eigenvalue weighted by Crippen LogP contribution is -2.29. The Bertz CT molecular complexity index is 580. The van der Waals surface area contributed by atoms with E-state index in [4.69, 9.17) is 0 Å². The monoisotopic (exact) mass is 288 g/mol. The number of hydrogen-bond donors (Lipinski definition) is 1. The Kier molecular flexibility index (Phi) is 4.97. The Balaban J connectivity index is 1.89. The topological polar surface area (TPSA) is 85.6 Å². The molecular weight excluding hydrogens is 268 g/mol. The Hall–Kier alpha value is -2.31. The Morgan fingerprint density at radius 1 is 1.33 bits per heavy atom. The van der Waals surface area contributed by atoms with Gasteiger partial charge in [0.1, 0.15) is 6.33 Å². The smallest absolute Gasteiger partial charge is 0.220 e. The van der Waals surface area contributed by atoms with Crippen molar-refractivity contribution in [2.24, 2.45) is 0 Å². The van der Waals surface area contributed by atoms with Crippen molar-refractivity contribution in [2.75, 3.05) is 0 Å². The average Bonchev–Trinajstić information content (AvgIpc) is 2.96. The van der Waals surface area contributed by atoms with Gasteiger partial charge in [-0.05, 0) is 27.2 Å². The summed E-state index contributed by atoms with van der Waals surface area (Å²) in [5.41, 5.74) is 0.811. The lowest BCUT2D eigenvalue weighted by molar-refractivity contribution is -0.121. The highest BCUT2D eigenvalue weighted by Crippen LogP contribution is 2.14. The maximum Gasteiger partial charge on any atom is 0.220 e. The Labute approximate surface area is 123 Å². The third-order valence-electron chi connectivity index (χ3n) is 3.15. The van der Waals surface area contributed by atoms with Crippen LogP contribution in [0.5, 0.6) is 0 Å². The van der Waals surface area contributed by atoms with E-state index in [1.54, 1.807) is 24.9 Å². The second-order valence-corrected chi connectivity index (χ2v) is 5.18. The highest BCUT2D eigenvalue weighted by Gasteiger charge is 2.16. The molecule has 2 rings (SSSR count). The number of nitrogens with one attached hydrogen (secondary N) is 1. The van der Waals surface area contributed by atoms with Crippen LogP contribution >= 0.6 is 0 Å². The van der Waals surface area contributed by atoms with E-state index < -0.39 is 0 Å². The standard InChI is InChI=1S/C14H20N6O/c1-10(2)20-9-17-19-14(20)11(3)18-13(21)5-4-12-8-15-6-7-16-12/h6-11H,4-5H2,1-3H3,(H,18,21)/t11-/m1/s1. The van der Waals surface area contributed by atoms with E-state index in [1.165, 1.54) is 0 Å². The van der Waals surface area contributed by atoms with E-state index in [9.17, 15) is 4.79 Å². The summed E-state index contributed by atoms with van der Waals surface area (Å²) in [5.74, 6) is 0.726. The number of rotatable bonds is 6. The number of aryl methyl sites for hydroxylation is 1. The molecule has 0 aromatic carbocycles. The molecule has 0 bridgehead atoms. The van der Waals surface area contributed by atoms with Crippen molar-refractivity contribution in [1.82, 2.24) is 30.0 Å². The zero-order chi connectivity index (χ0) is 15.2. The van der Waals surface area contributed by atoms with Crippen molar-refractivity contribution in [3.63, 3.8) is 0 Å². The van der Waals surface area contributed by atoms with Gasteiger partial charge in [-0.1, -0.05) is 0 Å². The van der Waals surface area contributed by atoms with E-state index in [0.29, 0.717) is 12.8 Å². The number of carbonyl (C=O) groups excluding carboxylic acids is 1. The van der Waals surface area contributed by atoms with E-state index in [0.717, 1.165) is 11.5 Å². The first-order valence-electron chi connectivity index (χ1n) is 7.01. The minimum absolute atomic E-state index is 0.0357. The fraction of sp³-hybridized carbons (Fsp3) is 0.500. The number of nitrogens with zero attached hydrogens (tertiary/aromatic N) is 5. The van der Waals surface area contributed by atoms with Gasteiger partial charge in [-0.2, -0.15) is 0 Å². The van der Waals surface area contributed by atoms with Crippen molar-refractivity contribution in [2.45, 2.75) is 45.7 Å². The minimum Gasteiger partial charge on any atom is -0.346 e. The number of hydrogen-bond acceptors (Lipinski definition) is 5. The largest absolute Gasteiger partial charge is 0.346 e. The third-order valence-corrected chi connectivity index (χ3v) is 3.15. The summed E-state index contributed by atoms with van der Waals surface area (Å²) in [6.07, 6.45) is 7.54. The molecule has 1 N–H and O–H groups in total. The molecule has 0 aliphatic rings. The van der Waals surface area contributed by atoms with Crippen molar-refractivity contribution in [3.8, 4) is 0 Å². The van der Waals surface area contributed by atoms with Gasteiger partial charge < -0.3 is 9.88 Å². The van der Waals surface area contributed by atoms with Gasteiger partial charge in [-0.3, -0.25) is 14.8 Å². The lowest BCUT2D eigenvalue weighted by atomic mass is 10.2. The van der Waals surface area contributed by atoms with Crippen molar-refractivity contribution in [3.05, 3.63) is 36.4 Å². The van der Waals surface area contributed by atoms with E-state index >= 15 is 0 Å². The van der Waals surface area contributed by atoms with Crippen LogP contribution in [0, 0.1) is 0 Å². The predicted octanol–water partition coefficient (Wildman–Crippen LogP) is 1.46. The Morgan fingerprint density at radius 3 is 2.81 bits per heavy atom. The third kappa shape index (κ3) is 4.08. The summed E-state index contributed by atoms with van der Waals surface area (Å²) in [6, 6.07) is 0.0817. The van der Waals surface area contributed by atoms with Crippen LogP contribution in [0.25, 0.3) is 0 Å². The van der Waals surface area contributed by atoms with Gasteiger partial charge in [0.15, 0.2) is 5.82 Å². The number of amides is 1. The molecule has 0 radical (unpaired) electrons. The van der Waals surface area contributed by atoms with Crippen LogP contribution in [0.15, 0.2) is 24.9 Å². The van der Waals surface area contributed by atoms with E-state index in [-0.39, 0.29) is 18.0 Å². The molecule has 112 valence electrons. The average molecular weight is 288 g/mol. The SMILES string of the molecule is CC(C)n1cnnc1[C@@H](C)NC(=O)CCc1cnccn1. The first kappa shape index (κ1) is 15.1. The van der Waals surface area contributed by atoms with Gasteiger partial charge in [0.05, 0.1) is 11.7 Å². The summed E-state index contributed by atoms with van der Waals surface area (Å²) < 4.78 is 1.95. The second-order valence-electron chi connectivity index (χ2n) is 5.18. The highest BCUT2D eigenvalue weighted by atomic mass is 16.1. The molecular formula is C14H20N6O. The van der Waals surface area contributed by atoms with Crippen LogP contribution in [0.2, 0.25) is 0 Å². The van der Waals surface area contributed by atoms with Crippen LogP contribution in [0.4, 0.5) is 0 Å². The predicted molar refractivity (Wildman–Crippen MR) is 77.3 cm³/mol. The van der Waals surface area contributed by atoms with Crippen molar-refractivity contribution in [1.29, 1.82) is 0 Å². The van der Waals surface area contributed by atoms with Gasteiger partial charge in [-0.15, -0.1) is 10.2 Å². The van der Waals surface area contributed by atoms with E-state index in [2.05, 4.69) is 39.3 Å². The summed E-state index contributed by atoms with van der Waals surface area (Å²) >= 11 is 0. The van der Waals surface area contributed by atoms with Crippen LogP contribution in [0.1, 0.15) is 50.8 Å².